The van der Waals surface area contributed by atoms with Gasteiger partial charge >= 0.3 is 0 Å². The van der Waals surface area contributed by atoms with Gasteiger partial charge in [-0.05, 0) is 97.6 Å². The minimum Gasteiger partial charge on any atom is -0.208 e. The molecule has 0 saturated carbocycles. The van der Waals surface area contributed by atoms with Crippen LogP contribution in [0.3, 0.4) is 0 Å². The molecule has 0 N–H and O–H groups in total. The van der Waals surface area contributed by atoms with Crippen molar-refractivity contribution in [2.75, 3.05) is 0 Å². The van der Waals surface area contributed by atoms with Gasteiger partial charge in [0.05, 0.1) is 5.92 Å². The van der Waals surface area contributed by atoms with Gasteiger partial charge in [0.1, 0.15) is 0 Å². The molecule has 316 valence electrons. The third-order valence-electron chi connectivity index (χ3n) is 11.0. The van der Waals surface area contributed by atoms with Crippen molar-refractivity contribution in [1.29, 1.82) is 0 Å². The summed E-state index contributed by atoms with van der Waals surface area (Å²) in [6, 6.07) is 64.6. The molecular weight excluding hydrogens is 775 g/mol. The molecule has 1 aromatic heterocycles. The predicted molar refractivity (Wildman–Crippen MR) is 275 cm³/mol. The van der Waals surface area contributed by atoms with Crippen molar-refractivity contribution in [3.63, 3.8) is 0 Å². The van der Waals surface area contributed by atoms with Crippen LogP contribution in [0.15, 0.2) is 194 Å². The van der Waals surface area contributed by atoms with E-state index in [1.54, 1.807) is 0 Å². The fourth-order valence-electron chi connectivity index (χ4n) is 8.06. The Labute approximate surface area is 380 Å². The second-order valence-electron chi connectivity index (χ2n) is 14.8. The zero-order valence-corrected chi connectivity index (χ0v) is 38.0. The molecule has 0 spiro atoms. The molecule has 1 unspecified atom stereocenters. The van der Waals surface area contributed by atoms with Gasteiger partial charge in [-0.15, -0.1) is 5.92 Å². The van der Waals surface area contributed by atoms with Gasteiger partial charge in [-0.1, -0.05) is 217 Å². The lowest BCUT2D eigenvalue weighted by atomic mass is 9.92. The van der Waals surface area contributed by atoms with Crippen LogP contribution in [0.25, 0.3) is 89.1 Å². The van der Waals surface area contributed by atoms with Crippen molar-refractivity contribution >= 4 is 21.5 Å². The summed E-state index contributed by atoms with van der Waals surface area (Å²) < 4.78 is 0. The summed E-state index contributed by atoms with van der Waals surface area (Å²) in [7, 11) is 0. The molecule has 0 saturated heterocycles. The Bertz CT molecular complexity index is 3030. The molecule has 1 aliphatic carbocycles. The molecule has 64 heavy (non-hydrogen) atoms. The van der Waals surface area contributed by atoms with Gasteiger partial charge in [0.15, 0.2) is 17.5 Å². The molecule has 9 aromatic rings. The van der Waals surface area contributed by atoms with Crippen molar-refractivity contribution in [3.05, 3.63) is 200 Å². The lowest BCUT2D eigenvalue weighted by Gasteiger charge is -2.14. The molecule has 3 heteroatoms. The van der Waals surface area contributed by atoms with E-state index in [1.165, 1.54) is 32.7 Å². The van der Waals surface area contributed by atoms with Gasteiger partial charge in [-0.25, -0.2) is 15.0 Å². The number of rotatable bonds is 7. The Kier molecular flexibility index (Phi) is 15.4. The number of aromatic nitrogens is 3. The second kappa shape index (κ2) is 22.1. The van der Waals surface area contributed by atoms with Gasteiger partial charge in [0.25, 0.3) is 0 Å². The summed E-state index contributed by atoms with van der Waals surface area (Å²) in [6.45, 7) is 12.0. The first-order valence-electron chi connectivity index (χ1n) is 23.0. The van der Waals surface area contributed by atoms with Crippen molar-refractivity contribution in [2.45, 2.75) is 66.7 Å². The average Bonchev–Trinajstić information content (AvgIpc) is 3.38. The minimum absolute atomic E-state index is 0.0297. The van der Waals surface area contributed by atoms with Gasteiger partial charge < -0.3 is 0 Å². The topological polar surface area (TPSA) is 38.7 Å². The number of nitrogens with zero attached hydrogens (tertiary/aromatic N) is 3. The minimum atomic E-state index is 0.0297. The Balaban J connectivity index is 0.000000981. The van der Waals surface area contributed by atoms with Crippen molar-refractivity contribution in [2.24, 2.45) is 0 Å². The first-order valence-corrected chi connectivity index (χ1v) is 23.0. The van der Waals surface area contributed by atoms with Crippen molar-refractivity contribution in [1.82, 2.24) is 15.0 Å². The van der Waals surface area contributed by atoms with E-state index < -0.39 is 0 Å². The molecule has 3 nitrogen and oxygen atoms in total. The van der Waals surface area contributed by atoms with Crippen LogP contribution in [0.2, 0.25) is 0 Å². The summed E-state index contributed by atoms with van der Waals surface area (Å²) in [4.78, 5) is 15.6. The van der Waals surface area contributed by atoms with Crippen LogP contribution in [0.1, 0.15) is 72.3 Å². The highest BCUT2D eigenvalue weighted by Crippen LogP contribution is 2.38. The van der Waals surface area contributed by atoms with Crippen LogP contribution in [-0.2, 0) is 0 Å². The lowest BCUT2D eigenvalue weighted by molar-refractivity contribution is 0.870. The van der Waals surface area contributed by atoms with E-state index in [0.717, 1.165) is 63.8 Å². The first-order chi connectivity index (χ1) is 31.7. The van der Waals surface area contributed by atoms with E-state index in [-0.39, 0.29) is 5.92 Å². The van der Waals surface area contributed by atoms with Crippen LogP contribution >= 0.6 is 0 Å². The summed E-state index contributed by atoms with van der Waals surface area (Å²) >= 11 is 0. The van der Waals surface area contributed by atoms with Gasteiger partial charge in [0.2, 0.25) is 0 Å². The molecule has 10 rings (SSSR count). The fraction of sp³-hybridized carbons (Fsp3) is 0.164. The molecule has 8 aromatic carbocycles. The Morgan fingerprint density at radius 2 is 0.906 bits per heavy atom. The van der Waals surface area contributed by atoms with E-state index >= 15 is 0 Å². The highest BCUT2D eigenvalue weighted by molar-refractivity contribution is 5.99. The van der Waals surface area contributed by atoms with Gasteiger partial charge in [-0.3, -0.25) is 0 Å². The highest BCUT2D eigenvalue weighted by atomic mass is 15.0. The second-order valence-corrected chi connectivity index (χ2v) is 14.8. The smallest absolute Gasteiger partial charge is 0.164 e. The van der Waals surface area contributed by atoms with Crippen molar-refractivity contribution < 1.29 is 0 Å². The van der Waals surface area contributed by atoms with E-state index in [2.05, 4.69) is 188 Å². The number of allylic oxidation sites excluding steroid dienone is 2. The maximum Gasteiger partial charge on any atom is 0.164 e. The maximum absolute atomic E-state index is 5.26. The fourth-order valence-corrected chi connectivity index (χ4v) is 8.06. The molecule has 0 bridgehead atoms. The third kappa shape index (κ3) is 10.1. The summed E-state index contributed by atoms with van der Waals surface area (Å²) in [6.07, 6.45) is 7.57. The first kappa shape index (κ1) is 44.6. The largest absolute Gasteiger partial charge is 0.208 e. The van der Waals surface area contributed by atoms with Crippen LogP contribution < -0.4 is 0 Å². The predicted octanol–water partition coefficient (Wildman–Crippen LogP) is 17.1. The lowest BCUT2D eigenvalue weighted by Crippen LogP contribution is -2.01. The standard InChI is InChI=1S/C55H39N3.3C2H6/c1-2-5-16-38(17-6-3-1)44-24-13-25-45(34-44)54-56-53(43-20-7-4-8-21-43)57-55(58-54)48-36-46(35-47(37-48)52-29-15-23-41-19-10-12-27-50(41)52)39-30-32-42(33-31-39)51-28-14-22-40-18-9-11-26-49(40)51;3*1-2/h4-5,7-16,18-38H,1-3H2;3*1-2H3/b16-5-;;;. The molecule has 0 aliphatic heterocycles. The SMILES string of the molecule is C1#CC(c2cccc(-c3nc(-c4ccccc4)nc(-c4cc(-c5ccc(-c6cccc7ccccc67)cc5)cc(-c5cccc6ccccc56)c4)n3)c2)/C=C\CCC1.CC.CC.CC. The zero-order chi connectivity index (χ0) is 44.7. The number of fused-ring (bicyclic) bond motifs is 2. The molecule has 1 atom stereocenters. The average molecular weight is 832 g/mol. The van der Waals surface area contributed by atoms with Crippen LogP contribution in [0.5, 0.6) is 0 Å². The molecular formula is C61H57N3. The third-order valence-corrected chi connectivity index (χ3v) is 11.0. The maximum atomic E-state index is 5.26. The van der Waals surface area contributed by atoms with E-state index in [0.29, 0.717) is 17.5 Å². The van der Waals surface area contributed by atoms with Crippen molar-refractivity contribution in [3.8, 4) is 79.4 Å². The summed E-state index contributed by atoms with van der Waals surface area (Å²) in [5.74, 6) is 8.77. The van der Waals surface area contributed by atoms with E-state index in [4.69, 9.17) is 15.0 Å². The molecule has 1 aliphatic rings. The Morgan fingerprint density at radius 3 is 1.58 bits per heavy atom. The Morgan fingerprint density at radius 1 is 0.406 bits per heavy atom. The normalized spacial score (nSPS) is 13.2. The molecule has 0 amide bonds. The van der Waals surface area contributed by atoms with Gasteiger partial charge in [-0.2, -0.15) is 0 Å². The monoisotopic (exact) mass is 831 g/mol. The van der Waals surface area contributed by atoms with E-state index in [9.17, 15) is 0 Å². The van der Waals surface area contributed by atoms with Crippen LogP contribution in [0.4, 0.5) is 0 Å². The Hall–Kier alpha value is -7.41. The summed E-state index contributed by atoms with van der Waals surface area (Å²) in [5, 5.41) is 4.88. The van der Waals surface area contributed by atoms with Crippen LogP contribution in [-0.4, -0.2) is 15.0 Å². The van der Waals surface area contributed by atoms with E-state index in [1.807, 2.05) is 59.7 Å². The molecule has 0 radical (unpaired) electrons. The quantitative estimate of drug-likeness (QED) is 0.119. The van der Waals surface area contributed by atoms with Gasteiger partial charge in [0, 0.05) is 23.1 Å². The van der Waals surface area contributed by atoms with Crippen LogP contribution in [0, 0.1) is 11.8 Å². The highest BCUT2D eigenvalue weighted by Gasteiger charge is 2.17. The number of hydrogen-bond acceptors (Lipinski definition) is 3. The summed E-state index contributed by atoms with van der Waals surface area (Å²) in [5.41, 5.74) is 10.8. The zero-order valence-electron chi connectivity index (χ0n) is 38.0. The molecule has 1 heterocycles. The number of benzene rings is 8. The molecule has 0 fully saturated rings. The number of hydrogen-bond donors (Lipinski definition) is 0.